The van der Waals surface area contributed by atoms with Crippen LogP contribution in [0.25, 0.3) is 0 Å². The molecule has 1 unspecified atom stereocenters. The maximum Gasteiger partial charge on any atom is 0.156 e. The molecule has 2 rings (SSSR count). The van der Waals surface area contributed by atoms with E-state index in [9.17, 15) is 0 Å². The highest BCUT2D eigenvalue weighted by molar-refractivity contribution is 8.14. The molecule has 0 radical (unpaired) electrons. The zero-order chi connectivity index (χ0) is 10.7. The number of aliphatic imine (C=N–C) groups is 1. The molecule has 0 amide bonds. The van der Waals surface area contributed by atoms with Gasteiger partial charge >= 0.3 is 0 Å². The Kier molecular flexibility index (Phi) is 3.57. The van der Waals surface area contributed by atoms with Crippen LogP contribution in [0, 0.1) is 5.41 Å². The van der Waals surface area contributed by atoms with Gasteiger partial charge in [-0.3, -0.25) is 4.99 Å². The van der Waals surface area contributed by atoms with Crippen molar-refractivity contribution in [3.63, 3.8) is 0 Å². The lowest BCUT2D eigenvalue weighted by molar-refractivity contribution is 0.0283. The van der Waals surface area contributed by atoms with E-state index < -0.39 is 0 Å². The molecule has 2 saturated heterocycles. The highest BCUT2D eigenvalue weighted by Gasteiger charge is 2.27. The number of hydrogen-bond donors (Lipinski definition) is 1. The SMILES string of the molecule is CC1CSC(=NCC2(C)CCOCC2)N1. The molecule has 1 N–H and O–H groups in total. The summed E-state index contributed by atoms with van der Waals surface area (Å²) in [4.78, 5) is 4.68. The van der Waals surface area contributed by atoms with Gasteiger partial charge in [-0.1, -0.05) is 18.7 Å². The van der Waals surface area contributed by atoms with Crippen LogP contribution in [0.1, 0.15) is 26.7 Å². The summed E-state index contributed by atoms with van der Waals surface area (Å²) in [5.74, 6) is 1.15. The summed E-state index contributed by atoms with van der Waals surface area (Å²) in [5.41, 5.74) is 0.360. The van der Waals surface area contributed by atoms with Crippen molar-refractivity contribution in [2.24, 2.45) is 10.4 Å². The predicted octanol–water partition coefficient (Wildman–Crippen LogP) is 1.88. The highest BCUT2D eigenvalue weighted by Crippen LogP contribution is 2.30. The predicted molar refractivity (Wildman–Crippen MR) is 65.5 cm³/mol. The fourth-order valence-corrected chi connectivity index (χ4v) is 2.81. The van der Waals surface area contributed by atoms with Crippen LogP contribution in [0.3, 0.4) is 0 Å². The summed E-state index contributed by atoms with van der Waals surface area (Å²) in [6, 6.07) is 0.580. The molecule has 0 bridgehead atoms. The van der Waals surface area contributed by atoms with Gasteiger partial charge in [-0.2, -0.15) is 0 Å². The molecule has 0 spiro atoms. The third-order valence-electron chi connectivity index (χ3n) is 3.14. The molecule has 86 valence electrons. The molecule has 0 aliphatic carbocycles. The summed E-state index contributed by atoms with van der Waals surface area (Å²) in [6.07, 6.45) is 2.29. The Morgan fingerprint density at radius 3 is 2.87 bits per heavy atom. The van der Waals surface area contributed by atoms with Crippen LogP contribution >= 0.6 is 11.8 Å². The van der Waals surface area contributed by atoms with E-state index in [0.717, 1.165) is 43.5 Å². The van der Waals surface area contributed by atoms with Crippen molar-refractivity contribution in [2.75, 3.05) is 25.5 Å². The van der Waals surface area contributed by atoms with E-state index in [2.05, 4.69) is 24.2 Å². The largest absolute Gasteiger partial charge is 0.381 e. The second-order valence-electron chi connectivity index (χ2n) is 4.90. The van der Waals surface area contributed by atoms with Crippen molar-refractivity contribution < 1.29 is 4.74 Å². The number of nitrogens with one attached hydrogen (secondary N) is 1. The van der Waals surface area contributed by atoms with Crippen molar-refractivity contribution in [2.45, 2.75) is 32.7 Å². The van der Waals surface area contributed by atoms with E-state index >= 15 is 0 Å². The van der Waals surface area contributed by atoms with Crippen LogP contribution in [0.2, 0.25) is 0 Å². The van der Waals surface area contributed by atoms with Gasteiger partial charge in [0.1, 0.15) is 0 Å². The first kappa shape index (κ1) is 11.3. The number of hydrogen-bond acceptors (Lipinski definition) is 3. The standard InChI is InChI=1S/C11H20N2OS/c1-9-7-15-10(13-9)12-8-11(2)3-5-14-6-4-11/h9H,3-8H2,1-2H3,(H,12,13). The van der Waals surface area contributed by atoms with Crippen molar-refractivity contribution in [1.82, 2.24) is 5.32 Å². The minimum absolute atomic E-state index is 0.360. The fraction of sp³-hybridized carbons (Fsp3) is 0.909. The molecule has 4 heteroatoms. The van der Waals surface area contributed by atoms with E-state index in [1.807, 2.05) is 11.8 Å². The summed E-state index contributed by atoms with van der Waals surface area (Å²) in [6.45, 7) is 7.27. The molecular formula is C11H20N2OS. The average molecular weight is 228 g/mol. The molecule has 0 aromatic rings. The lowest BCUT2D eigenvalue weighted by Crippen LogP contribution is -2.30. The monoisotopic (exact) mass is 228 g/mol. The third-order valence-corrected chi connectivity index (χ3v) is 4.33. The van der Waals surface area contributed by atoms with E-state index in [-0.39, 0.29) is 0 Å². The van der Waals surface area contributed by atoms with E-state index in [0.29, 0.717) is 11.5 Å². The zero-order valence-electron chi connectivity index (χ0n) is 9.58. The van der Waals surface area contributed by atoms with E-state index in [1.165, 1.54) is 0 Å². The van der Waals surface area contributed by atoms with Gasteiger partial charge in [0.2, 0.25) is 0 Å². The van der Waals surface area contributed by atoms with Crippen molar-refractivity contribution in [3.8, 4) is 0 Å². The third kappa shape index (κ3) is 3.11. The lowest BCUT2D eigenvalue weighted by atomic mass is 9.83. The number of amidine groups is 1. The van der Waals surface area contributed by atoms with Gasteiger partial charge in [0, 0.05) is 31.6 Å². The molecule has 2 fully saturated rings. The van der Waals surface area contributed by atoms with Gasteiger partial charge in [-0.05, 0) is 25.2 Å². The van der Waals surface area contributed by atoms with Gasteiger partial charge in [-0.15, -0.1) is 0 Å². The lowest BCUT2D eigenvalue weighted by Gasteiger charge is -2.31. The van der Waals surface area contributed by atoms with Crippen LogP contribution in [-0.2, 0) is 4.74 Å². The van der Waals surface area contributed by atoms with Crippen molar-refractivity contribution in [1.29, 1.82) is 0 Å². The van der Waals surface area contributed by atoms with Crippen LogP contribution < -0.4 is 5.32 Å². The first-order chi connectivity index (χ1) is 7.18. The Hall–Kier alpha value is -0.220. The molecule has 0 aromatic carbocycles. The van der Waals surface area contributed by atoms with Gasteiger partial charge in [0.25, 0.3) is 0 Å². The molecule has 2 aliphatic rings. The Bertz CT molecular complexity index is 249. The minimum atomic E-state index is 0.360. The van der Waals surface area contributed by atoms with Crippen LogP contribution in [0.15, 0.2) is 4.99 Å². The Balaban J connectivity index is 1.85. The number of rotatable bonds is 2. The van der Waals surface area contributed by atoms with Gasteiger partial charge < -0.3 is 10.1 Å². The van der Waals surface area contributed by atoms with Crippen LogP contribution in [0.5, 0.6) is 0 Å². The molecular weight excluding hydrogens is 208 g/mol. The van der Waals surface area contributed by atoms with E-state index in [1.54, 1.807) is 0 Å². The molecule has 3 nitrogen and oxygen atoms in total. The Morgan fingerprint density at radius 1 is 1.53 bits per heavy atom. The topological polar surface area (TPSA) is 33.6 Å². The quantitative estimate of drug-likeness (QED) is 0.783. The van der Waals surface area contributed by atoms with Crippen LogP contribution in [0.4, 0.5) is 0 Å². The van der Waals surface area contributed by atoms with Crippen molar-refractivity contribution >= 4 is 16.9 Å². The van der Waals surface area contributed by atoms with Crippen LogP contribution in [-0.4, -0.2) is 36.7 Å². The average Bonchev–Trinajstić information content (AvgIpc) is 2.63. The summed E-state index contributed by atoms with van der Waals surface area (Å²) in [5, 5.41) is 4.53. The van der Waals surface area contributed by atoms with Gasteiger partial charge in [0.15, 0.2) is 5.17 Å². The normalized spacial score (nSPS) is 32.9. The van der Waals surface area contributed by atoms with Crippen molar-refractivity contribution in [3.05, 3.63) is 0 Å². The van der Waals surface area contributed by atoms with E-state index in [4.69, 9.17) is 4.74 Å². The fourth-order valence-electron chi connectivity index (χ4n) is 1.87. The second kappa shape index (κ2) is 4.74. The maximum absolute atomic E-state index is 5.38. The maximum atomic E-state index is 5.38. The molecule has 2 aliphatic heterocycles. The zero-order valence-corrected chi connectivity index (χ0v) is 10.4. The molecule has 0 aromatic heterocycles. The summed E-state index contributed by atoms with van der Waals surface area (Å²) >= 11 is 1.85. The Morgan fingerprint density at radius 2 is 2.27 bits per heavy atom. The Labute approximate surface area is 96.1 Å². The molecule has 2 heterocycles. The number of thioether (sulfide) groups is 1. The molecule has 0 saturated carbocycles. The molecule has 1 atom stereocenters. The highest BCUT2D eigenvalue weighted by atomic mass is 32.2. The summed E-state index contributed by atoms with van der Waals surface area (Å²) < 4.78 is 5.38. The first-order valence-corrected chi connectivity index (χ1v) is 6.68. The number of ether oxygens (including phenoxy) is 1. The second-order valence-corrected chi connectivity index (χ2v) is 5.91. The molecule has 15 heavy (non-hydrogen) atoms. The first-order valence-electron chi connectivity index (χ1n) is 5.69. The van der Waals surface area contributed by atoms with Gasteiger partial charge in [0.05, 0.1) is 0 Å². The summed E-state index contributed by atoms with van der Waals surface area (Å²) in [7, 11) is 0. The minimum Gasteiger partial charge on any atom is -0.381 e. The smallest absolute Gasteiger partial charge is 0.156 e. The van der Waals surface area contributed by atoms with Gasteiger partial charge in [-0.25, -0.2) is 0 Å². The number of nitrogens with zero attached hydrogens (tertiary/aromatic N) is 1.